The van der Waals surface area contributed by atoms with Crippen LogP contribution in [-0.2, 0) is 19.1 Å². The molecule has 1 amide bonds. The molecule has 0 bridgehead atoms. The van der Waals surface area contributed by atoms with Crippen molar-refractivity contribution in [2.24, 2.45) is 5.92 Å². The molecule has 0 spiro atoms. The molecule has 1 aromatic rings. The Labute approximate surface area is 192 Å². The molecule has 0 radical (unpaired) electrons. The molecule has 6 nitrogen and oxygen atoms in total. The minimum Gasteiger partial charge on any atom is -0.481 e. The molecule has 2 N–H and O–H groups in total. The second-order valence-corrected chi connectivity index (χ2v) is 8.37. The summed E-state index contributed by atoms with van der Waals surface area (Å²) in [6.07, 6.45) is 6.12. The van der Waals surface area contributed by atoms with Gasteiger partial charge in [-0.15, -0.1) is 0 Å². The van der Waals surface area contributed by atoms with E-state index in [1.807, 2.05) is 18.2 Å². The monoisotopic (exact) mass is 467 g/mol. The van der Waals surface area contributed by atoms with Gasteiger partial charge >= 0.3 is 11.9 Å². The number of allylic oxidation sites excluding steroid dienone is 3. The van der Waals surface area contributed by atoms with E-state index < -0.39 is 23.9 Å². The predicted molar refractivity (Wildman–Crippen MR) is 120 cm³/mol. The lowest BCUT2D eigenvalue weighted by atomic mass is 9.81. The molecule has 168 valence electrons. The minimum absolute atomic E-state index is 0.00968. The van der Waals surface area contributed by atoms with Gasteiger partial charge < -0.3 is 15.2 Å². The van der Waals surface area contributed by atoms with Crippen LogP contribution in [0.25, 0.3) is 0 Å². The number of aliphatic carboxylic acids is 1. The highest BCUT2D eigenvalue weighted by atomic mass is 35.5. The second-order valence-electron chi connectivity index (χ2n) is 7.52. The van der Waals surface area contributed by atoms with Crippen LogP contribution in [0.1, 0.15) is 51.0 Å². The summed E-state index contributed by atoms with van der Waals surface area (Å²) < 4.78 is 5.01. The summed E-state index contributed by atoms with van der Waals surface area (Å²) >= 11 is 12.5. The summed E-state index contributed by atoms with van der Waals surface area (Å²) in [5, 5.41) is 12.8. The van der Waals surface area contributed by atoms with Crippen LogP contribution in [0.2, 0.25) is 10.0 Å². The Balaban J connectivity index is 2.10. The van der Waals surface area contributed by atoms with Gasteiger partial charge in [-0.05, 0) is 48.6 Å². The van der Waals surface area contributed by atoms with E-state index in [0.717, 1.165) is 11.1 Å². The molecule has 2 rings (SSSR count). The van der Waals surface area contributed by atoms with Crippen LogP contribution in [0.15, 0.2) is 42.0 Å². The molecule has 0 saturated carbocycles. The third kappa shape index (κ3) is 8.04. The van der Waals surface area contributed by atoms with Crippen LogP contribution in [0.5, 0.6) is 0 Å². The van der Waals surface area contributed by atoms with Gasteiger partial charge in [0.1, 0.15) is 0 Å². The number of carbonyl (C=O) groups excluding carboxylic acids is 2. The first-order chi connectivity index (χ1) is 14.7. The normalized spacial score (nSPS) is 18.8. The summed E-state index contributed by atoms with van der Waals surface area (Å²) in [4.78, 5) is 34.8. The van der Waals surface area contributed by atoms with Crippen LogP contribution in [0.3, 0.4) is 0 Å². The molecule has 2 unspecified atom stereocenters. The number of halogens is 2. The van der Waals surface area contributed by atoms with Crippen molar-refractivity contribution in [3.8, 4) is 0 Å². The quantitative estimate of drug-likeness (QED) is 0.477. The van der Waals surface area contributed by atoms with Gasteiger partial charge in [0, 0.05) is 28.4 Å². The number of carboxylic acid groups (broad SMARTS) is 1. The number of rotatable bonds is 10. The van der Waals surface area contributed by atoms with Crippen LogP contribution < -0.4 is 5.32 Å². The van der Waals surface area contributed by atoms with Gasteiger partial charge in [-0.1, -0.05) is 48.4 Å². The molecule has 0 aliphatic heterocycles. The summed E-state index contributed by atoms with van der Waals surface area (Å²) in [6.45, 7) is 4.03. The minimum atomic E-state index is -1.05. The molecule has 0 heterocycles. The molecule has 1 aromatic carbocycles. The Kier molecular flexibility index (Phi) is 9.59. The van der Waals surface area contributed by atoms with E-state index in [-0.39, 0.29) is 37.7 Å². The number of carbonyl (C=O) groups is 3. The summed E-state index contributed by atoms with van der Waals surface area (Å²) in [6, 6.07) is 4.90. The van der Waals surface area contributed by atoms with Gasteiger partial charge in [0.2, 0.25) is 5.91 Å². The highest BCUT2D eigenvalue weighted by Crippen LogP contribution is 2.37. The number of carboxylic acids is 1. The molecule has 0 fully saturated rings. The lowest BCUT2D eigenvalue weighted by Gasteiger charge is -2.26. The average Bonchev–Trinajstić information content (AvgIpc) is 2.69. The molecule has 31 heavy (non-hydrogen) atoms. The molecule has 0 saturated heterocycles. The van der Waals surface area contributed by atoms with Crippen molar-refractivity contribution in [2.45, 2.75) is 51.5 Å². The number of esters is 1. The lowest BCUT2D eigenvalue weighted by molar-refractivity contribution is -0.144. The van der Waals surface area contributed by atoms with Crippen LogP contribution >= 0.6 is 23.2 Å². The first-order valence-electron chi connectivity index (χ1n) is 10.2. The number of amides is 1. The van der Waals surface area contributed by atoms with Gasteiger partial charge in [-0.2, -0.15) is 0 Å². The van der Waals surface area contributed by atoms with Gasteiger partial charge in [0.15, 0.2) is 0 Å². The van der Waals surface area contributed by atoms with Crippen molar-refractivity contribution in [1.82, 2.24) is 5.32 Å². The van der Waals surface area contributed by atoms with Gasteiger partial charge in [0.25, 0.3) is 0 Å². The first-order valence-corrected chi connectivity index (χ1v) is 11.0. The number of hydrogen-bond acceptors (Lipinski definition) is 4. The van der Waals surface area contributed by atoms with E-state index in [4.69, 9.17) is 33.0 Å². The van der Waals surface area contributed by atoms with Crippen molar-refractivity contribution in [3.05, 3.63) is 57.6 Å². The van der Waals surface area contributed by atoms with Crippen molar-refractivity contribution in [3.63, 3.8) is 0 Å². The van der Waals surface area contributed by atoms with E-state index >= 15 is 0 Å². The summed E-state index contributed by atoms with van der Waals surface area (Å²) in [7, 11) is 0. The van der Waals surface area contributed by atoms with Gasteiger partial charge in [-0.25, -0.2) is 0 Å². The summed E-state index contributed by atoms with van der Waals surface area (Å²) in [5.41, 5.74) is 1.91. The number of hydrogen-bond donors (Lipinski definition) is 2. The van der Waals surface area contributed by atoms with Gasteiger partial charge in [-0.3, -0.25) is 14.4 Å². The fourth-order valence-corrected chi connectivity index (χ4v) is 4.02. The maximum absolute atomic E-state index is 12.1. The third-order valence-corrected chi connectivity index (χ3v) is 5.59. The molecular weight excluding hydrogens is 441 g/mol. The highest BCUT2D eigenvalue weighted by Gasteiger charge is 2.24. The van der Waals surface area contributed by atoms with Crippen molar-refractivity contribution in [2.75, 3.05) is 6.61 Å². The van der Waals surface area contributed by atoms with Gasteiger partial charge in [0.05, 0.1) is 19.4 Å². The third-order valence-electron chi connectivity index (χ3n) is 5.01. The van der Waals surface area contributed by atoms with E-state index in [1.165, 1.54) is 0 Å². The molecule has 1 aliphatic rings. The number of benzene rings is 1. The Hall–Kier alpha value is -2.31. The van der Waals surface area contributed by atoms with E-state index in [2.05, 4.69) is 18.3 Å². The topological polar surface area (TPSA) is 92.7 Å². The molecular formula is C23H27Cl2NO5. The standard InChI is InChI=1S/C23H27Cl2NO5/c1-3-31-23(30)13-17(26-21(27)8-9-22(28)29)11-15-4-6-18(14(2)10-15)19-12-16(24)5-7-20(19)25/h4-7,10,12,14,17-18H,3,8-9,11,13H2,1-2H3,(H,26,27)(H,28,29)/t14?,17-,18?/m1/s1. The van der Waals surface area contributed by atoms with Crippen molar-refractivity contribution in [1.29, 1.82) is 0 Å². The largest absolute Gasteiger partial charge is 0.481 e. The van der Waals surface area contributed by atoms with E-state index in [9.17, 15) is 14.4 Å². The maximum atomic E-state index is 12.1. The first kappa shape index (κ1) is 25.0. The van der Waals surface area contributed by atoms with Crippen LogP contribution in [-0.4, -0.2) is 35.6 Å². The summed E-state index contributed by atoms with van der Waals surface area (Å²) in [5.74, 6) is -1.68. The zero-order valence-electron chi connectivity index (χ0n) is 17.6. The second kappa shape index (κ2) is 11.9. The molecule has 8 heteroatoms. The van der Waals surface area contributed by atoms with E-state index in [1.54, 1.807) is 19.1 Å². The highest BCUT2D eigenvalue weighted by molar-refractivity contribution is 6.33. The van der Waals surface area contributed by atoms with Crippen molar-refractivity contribution < 1.29 is 24.2 Å². The van der Waals surface area contributed by atoms with Crippen LogP contribution in [0, 0.1) is 5.92 Å². The number of ether oxygens (including phenoxy) is 1. The Morgan fingerprint density at radius 1 is 1.23 bits per heavy atom. The number of nitrogens with one attached hydrogen (secondary N) is 1. The molecule has 0 aromatic heterocycles. The fourth-order valence-electron chi connectivity index (χ4n) is 3.59. The van der Waals surface area contributed by atoms with Crippen LogP contribution in [0.4, 0.5) is 0 Å². The maximum Gasteiger partial charge on any atom is 0.307 e. The predicted octanol–water partition coefficient (Wildman–Crippen LogP) is 4.90. The molecule has 3 atom stereocenters. The Morgan fingerprint density at radius 2 is 1.97 bits per heavy atom. The Morgan fingerprint density at radius 3 is 2.61 bits per heavy atom. The van der Waals surface area contributed by atoms with E-state index in [0.29, 0.717) is 16.5 Å². The average molecular weight is 468 g/mol. The molecule has 1 aliphatic carbocycles. The zero-order valence-corrected chi connectivity index (χ0v) is 19.1. The Bertz CT molecular complexity index is 881. The SMILES string of the molecule is CCOC(=O)C[C@@H](CC1=CC(C)C(c2cc(Cl)ccc2Cl)C=C1)NC(=O)CCC(=O)O. The smallest absolute Gasteiger partial charge is 0.307 e. The fraction of sp³-hybridized carbons (Fsp3) is 0.435. The lowest BCUT2D eigenvalue weighted by Crippen LogP contribution is -2.37. The van der Waals surface area contributed by atoms with Crippen molar-refractivity contribution >= 4 is 41.0 Å². The zero-order chi connectivity index (χ0) is 23.0.